The van der Waals surface area contributed by atoms with Crippen LogP contribution in [0.5, 0.6) is 17.2 Å². The topological polar surface area (TPSA) is 47.9 Å². The van der Waals surface area contributed by atoms with Crippen LogP contribution in [0.15, 0.2) is 41.6 Å². The second-order valence-corrected chi connectivity index (χ2v) is 4.45. The zero-order valence-electron chi connectivity index (χ0n) is 9.89. The fourth-order valence-corrected chi connectivity index (χ4v) is 1.93. The molecule has 0 heterocycles. The van der Waals surface area contributed by atoms with Crippen molar-refractivity contribution in [1.82, 2.24) is 0 Å². The Balaban J connectivity index is 2.30. The molecule has 0 N–H and O–H groups in total. The van der Waals surface area contributed by atoms with Gasteiger partial charge in [-0.3, -0.25) is 0 Å². The summed E-state index contributed by atoms with van der Waals surface area (Å²) in [6.07, 6.45) is 0. The van der Waals surface area contributed by atoms with Crippen LogP contribution >= 0.6 is 23.2 Å². The van der Waals surface area contributed by atoms with Crippen LogP contribution in [0.25, 0.3) is 0 Å². The van der Waals surface area contributed by atoms with Crippen molar-refractivity contribution in [1.29, 1.82) is 0 Å². The smallest absolute Gasteiger partial charge is 0.151 e. The van der Waals surface area contributed by atoms with Gasteiger partial charge in [0.05, 0.1) is 12.1 Å². The molecule has 0 unspecified atom stereocenters. The minimum absolute atomic E-state index is 0.206. The summed E-state index contributed by atoms with van der Waals surface area (Å²) in [5.74, 6) is 1.27. The summed E-state index contributed by atoms with van der Waals surface area (Å²) < 4.78 is 10.6. The highest BCUT2D eigenvalue weighted by atomic mass is 35.5. The van der Waals surface area contributed by atoms with Gasteiger partial charge in [-0.15, -0.1) is 4.91 Å². The van der Waals surface area contributed by atoms with E-state index in [4.69, 9.17) is 32.7 Å². The summed E-state index contributed by atoms with van der Waals surface area (Å²) >= 11 is 11.8. The Morgan fingerprint density at radius 1 is 1.05 bits per heavy atom. The Hall–Kier alpha value is -1.78. The molecule has 98 valence electrons. The quantitative estimate of drug-likeness (QED) is 0.729. The molecule has 2 rings (SSSR count). The minimum Gasteiger partial charge on any atom is -0.494 e. The average Bonchev–Trinajstić information content (AvgIpc) is 2.41. The normalized spacial score (nSPS) is 10.1. The number of ether oxygens (including phenoxy) is 2. The van der Waals surface area contributed by atoms with Crippen molar-refractivity contribution in [3.63, 3.8) is 0 Å². The van der Waals surface area contributed by atoms with Crippen LogP contribution in [0, 0.1) is 4.91 Å². The molecule has 0 aliphatic carbocycles. The van der Waals surface area contributed by atoms with E-state index < -0.39 is 0 Å². The lowest BCUT2D eigenvalue weighted by Gasteiger charge is -2.09. The summed E-state index contributed by atoms with van der Waals surface area (Å²) in [5.41, 5.74) is 0.206. The third-order valence-electron chi connectivity index (χ3n) is 2.37. The zero-order chi connectivity index (χ0) is 13.8. The first-order valence-electron chi connectivity index (χ1n) is 5.28. The molecule has 0 fully saturated rings. The molecule has 0 saturated heterocycles. The van der Waals surface area contributed by atoms with Crippen LogP contribution in [0.3, 0.4) is 0 Å². The van der Waals surface area contributed by atoms with E-state index in [9.17, 15) is 4.91 Å². The first-order valence-corrected chi connectivity index (χ1v) is 6.04. The Morgan fingerprint density at radius 2 is 1.84 bits per heavy atom. The lowest BCUT2D eigenvalue weighted by Crippen LogP contribution is -1.88. The van der Waals surface area contributed by atoms with Crippen LogP contribution in [-0.4, -0.2) is 7.11 Å². The molecule has 19 heavy (non-hydrogen) atoms. The molecular weight excluding hydrogens is 289 g/mol. The molecule has 0 bridgehead atoms. The van der Waals surface area contributed by atoms with Crippen LogP contribution in [0.4, 0.5) is 5.69 Å². The van der Waals surface area contributed by atoms with Crippen molar-refractivity contribution in [3.05, 3.63) is 51.4 Å². The number of nitrogens with zero attached hydrogens (tertiary/aromatic N) is 1. The van der Waals surface area contributed by atoms with Crippen molar-refractivity contribution >= 4 is 28.9 Å². The van der Waals surface area contributed by atoms with E-state index in [0.29, 0.717) is 27.3 Å². The number of halogens is 2. The molecule has 0 aliphatic rings. The Kier molecular flexibility index (Phi) is 4.24. The highest BCUT2D eigenvalue weighted by molar-refractivity contribution is 6.35. The maximum Gasteiger partial charge on any atom is 0.151 e. The summed E-state index contributed by atoms with van der Waals surface area (Å²) in [4.78, 5) is 10.5. The van der Waals surface area contributed by atoms with Crippen LogP contribution < -0.4 is 9.47 Å². The maximum atomic E-state index is 10.5. The minimum atomic E-state index is 0.206. The van der Waals surface area contributed by atoms with Gasteiger partial charge in [0.1, 0.15) is 17.2 Å². The number of rotatable bonds is 4. The van der Waals surface area contributed by atoms with Crippen molar-refractivity contribution in [2.75, 3.05) is 7.11 Å². The highest BCUT2D eigenvalue weighted by Crippen LogP contribution is 2.36. The van der Waals surface area contributed by atoms with Gasteiger partial charge in [0, 0.05) is 11.1 Å². The maximum absolute atomic E-state index is 10.5. The first-order chi connectivity index (χ1) is 9.13. The number of hydrogen-bond donors (Lipinski definition) is 0. The van der Waals surface area contributed by atoms with Crippen molar-refractivity contribution in [2.45, 2.75) is 0 Å². The van der Waals surface area contributed by atoms with E-state index in [1.165, 1.54) is 13.2 Å². The zero-order valence-corrected chi connectivity index (χ0v) is 11.4. The molecule has 0 saturated carbocycles. The molecule has 0 radical (unpaired) electrons. The second kappa shape index (κ2) is 5.91. The molecule has 6 heteroatoms. The lowest BCUT2D eigenvalue weighted by molar-refractivity contribution is 0.410. The fourth-order valence-electron chi connectivity index (χ4n) is 1.48. The van der Waals surface area contributed by atoms with E-state index in [1.807, 2.05) is 0 Å². The molecule has 0 spiro atoms. The van der Waals surface area contributed by atoms with Gasteiger partial charge in [0.2, 0.25) is 0 Å². The van der Waals surface area contributed by atoms with E-state index in [0.717, 1.165) is 0 Å². The standard InChI is InChI=1S/C13H9Cl2NO3/c1-18-13-7-9(3-4-11(13)16-17)19-12-5-2-8(14)6-10(12)15/h2-7H,1H3. The fraction of sp³-hybridized carbons (Fsp3) is 0.0769. The van der Waals surface area contributed by atoms with Crippen molar-refractivity contribution in [2.24, 2.45) is 5.18 Å². The van der Waals surface area contributed by atoms with E-state index >= 15 is 0 Å². The molecule has 0 atom stereocenters. The van der Waals surface area contributed by atoms with Gasteiger partial charge in [-0.25, -0.2) is 0 Å². The molecule has 0 aliphatic heterocycles. The number of methoxy groups -OCH3 is 1. The van der Waals surface area contributed by atoms with Gasteiger partial charge in [0.15, 0.2) is 5.75 Å². The highest BCUT2D eigenvalue weighted by Gasteiger charge is 2.08. The first kappa shape index (κ1) is 13.6. The predicted molar refractivity (Wildman–Crippen MR) is 75.0 cm³/mol. The van der Waals surface area contributed by atoms with Gasteiger partial charge in [0.25, 0.3) is 0 Å². The largest absolute Gasteiger partial charge is 0.494 e. The summed E-state index contributed by atoms with van der Waals surface area (Å²) in [7, 11) is 1.45. The van der Waals surface area contributed by atoms with Gasteiger partial charge < -0.3 is 9.47 Å². The Labute approximate surface area is 119 Å². The van der Waals surface area contributed by atoms with Crippen LogP contribution in [-0.2, 0) is 0 Å². The van der Waals surface area contributed by atoms with E-state index in [1.54, 1.807) is 30.3 Å². The van der Waals surface area contributed by atoms with Gasteiger partial charge in [-0.2, -0.15) is 0 Å². The average molecular weight is 298 g/mol. The van der Waals surface area contributed by atoms with Crippen molar-refractivity contribution < 1.29 is 9.47 Å². The number of hydrogen-bond acceptors (Lipinski definition) is 4. The number of benzene rings is 2. The van der Waals surface area contributed by atoms with Crippen molar-refractivity contribution in [3.8, 4) is 17.2 Å². The lowest BCUT2D eigenvalue weighted by atomic mass is 10.2. The van der Waals surface area contributed by atoms with Crippen LogP contribution in [0.2, 0.25) is 10.0 Å². The second-order valence-electron chi connectivity index (χ2n) is 3.60. The van der Waals surface area contributed by atoms with Gasteiger partial charge in [-0.05, 0) is 35.5 Å². The monoisotopic (exact) mass is 297 g/mol. The molecule has 4 nitrogen and oxygen atoms in total. The Bertz CT molecular complexity index is 617. The van der Waals surface area contributed by atoms with Gasteiger partial charge in [-0.1, -0.05) is 23.2 Å². The Morgan fingerprint density at radius 3 is 2.47 bits per heavy atom. The third-order valence-corrected chi connectivity index (χ3v) is 2.90. The number of nitroso groups, excluding NO2 is 1. The molecular formula is C13H9Cl2NO3. The summed E-state index contributed by atoms with van der Waals surface area (Å²) in [6, 6.07) is 9.57. The van der Waals surface area contributed by atoms with E-state index in [-0.39, 0.29) is 5.69 Å². The van der Waals surface area contributed by atoms with Crippen LogP contribution in [0.1, 0.15) is 0 Å². The molecule has 0 amide bonds. The molecule has 2 aromatic carbocycles. The SMILES string of the molecule is COc1cc(Oc2ccc(Cl)cc2Cl)ccc1N=O. The molecule has 2 aromatic rings. The van der Waals surface area contributed by atoms with Gasteiger partial charge >= 0.3 is 0 Å². The van der Waals surface area contributed by atoms with E-state index in [2.05, 4.69) is 5.18 Å². The predicted octanol–water partition coefficient (Wildman–Crippen LogP) is 5.19. The third kappa shape index (κ3) is 3.16. The summed E-state index contributed by atoms with van der Waals surface area (Å²) in [6.45, 7) is 0. The summed E-state index contributed by atoms with van der Waals surface area (Å²) in [5, 5.41) is 3.76. The molecule has 0 aromatic heterocycles.